The second-order valence-electron chi connectivity index (χ2n) is 7.33. The summed E-state index contributed by atoms with van der Waals surface area (Å²) in [7, 11) is 1.63. The van der Waals surface area contributed by atoms with Crippen molar-refractivity contribution < 1.29 is 9.53 Å². The highest BCUT2D eigenvalue weighted by Gasteiger charge is 2.21. The topological polar surface area (TPSA) is 75.1 Å². The molecule has 2 aromatic rings. The predicted molar refractivity (Wildman–Crippen MR) is 117 cm³/mol. The monoisotopic (exact) mass is 396 g/mol. The number of ether oxygens (including phenoxy) is 1. The molecule has 2 aromatic carbocycles. The van der Waals surface area contributed by atoms with Crippen LogP contribution in [0.4, 0.5) is 11.4 Å². The van der Waals surface area contributed by atoms with Crippen LogP contribution in [0.1, 0.15) is 26.3 Å². The van der Waals surface area contributed by atoms with E-state index in [1.165, 1.54) is 0 Å². The van der Waals surface area contributed by atoms with E-state index in [0.717, 1.165) is 33.6 Å². The summed E-state index contributed by atoms with van der Waals surface area (Å²) in [4.78, 5) is 16.7. The summed E-state index contributed by atoms with van der Waals surface area (Å²) in [5.41, 5.74) is 6.05. The summed E-state index contributed by atoms with van der Waals surface area (Å²) in [6, 6.07) is 15.3. The molecular formula is C21H24N4O2S. The van der Waals surface area contributed by atoms with Crippen molar-refractivity contribution in [2.75, 3.05) is 18.2 Å². The molecule has 28 heavy (non-hydrogen) atoms. The maximum atomic E-state index is 12.1. The molecule has 1 heterocycles. The first-order valence-electron chi connectivity index (χ1n) is 8.96. The summed E-state index contributed by atoms with van der Waals surface area (Å²) < 4.78 is 5.33. The Labute approximate surface area is 169 Å². The summed E-state index contributed by atoms with van der Waals surface area (Å²) in [6.45, 7) is 5.67. The molecule has 0 unspecified atom stereocenters. The molecule has 0 saturated heterocycles. The van der Waals surface area contributed by atoms with Crippen LogP contribution in [0.3, 0.4) is 0 Å². The molecule has 0 bridgehead atoms. The van der Waals surface area contributed by atoms with Gasteiger partial charge in [-0.25, -0.2) is 4.99 Å². The van der Waals surface area contributed by atoms with E-state index in [1.54, 1.807) is 18.9 Å². The second-order valence-corrected chi connectivity index (χ2v) is 8.29. The molecule has 6 nitrogen and oxygen atoms in total. The van der Waals surface area contributed by atoms with Crippen LogP contribution in [0.5, 0.6) is 5.75 Å². The number of methoxy groups -OCH3 is 1. The van der Waals surface area contributed by atoms with Gasteiger partial charge in [-0.1, -0.05) is 56.8 Å². The van der Waals surface area contributed by atoms with E-state index in [9.17, 15) is 4.79 Å². The standard InChI is InChI=1S/C21H24N4O2S/c1-21(2,3)19(26)22-15-11-9-14(10-12-15)17-13-28-20(25-24-17)23-16-7-5-6-8-18(16)27-4/h5-12H,13H2,1-4H3,(H,22,26)(H,23,25). The molecule has 1 aliphatic rings. The van der Waals surface area contributed by atoms with Crippen molar-refractivity contribution in [3.05, 3.63) is 54.1 Å². The Bertz CT molecular complexity index is 915. The zero-order valence-corrected chi connectivity index (χ0v) is 17.3. The molecule has 146 valence electrons. The molecule has 1 aliphatic heterocycles. The normalized spacial score (nSPS) is 15.6. The Kier molecular flexibility index (Phi) is 6.04. The third-order valence-corrected chi connectivity index (χ3v) is 4.97. The molecule has 0 aromatic heterocycles. The van der Waals surface area contributed by atoms with E-state index >= 15 is 0 Å². The number of para-hydroxylation sites is 2. The van der Waals surface area contributed by atoms with Gasteiger partial charge in [-0.3, -0.25) is 10.2 Å². The van der Waals surface area contributed by atoms with E-state index in [4.69, 9.17) is 4.74 Å². The molecule has 0 radical (unpaired) electrons. The van der Waals surface area contributed by atoms with E-state index in [-0.39, 0.29) is 5.91 Å². The lowest BCUT2D eigenvalue weighted by Crippen LogP contribution is -2.27. The van der Waals surface area contributed by atoms with E-state index in [1.807, 2.05) is 69.3 Å². The molecule has 0 spiro atoms. The fraction of sp³-hybridized carbons (Fsp3) is 0.286. The summed E-state index contributed by atoms with van der Waals surface area (Å²) in [5.74, 6) is 1.42. The van der Waals surface area contributed by atoms with Gasteiger partial charge in [-0.2, -0.15) is 5.10 Å². The number of carbonyl (C=O) groups excluding carboxylic acids is 1. The molecular weight excluding hydrogens is 372 g/mol. The molecule has 2 N–H and O–H groups in total. The van der Waals surface area contributed by atoms with Gasteiger partial charge in [0.15, 0.2) is 5.17 Å². The Morgan fingerprint density at radius 3 is 2.50 bits per heavy atom. The number of thioether (sulfide) groups is 1. The van der Waals surface area contributed by atoms with Crippen molar-refractivity contribution in [3.63, 3.8) is 0 Å². The third-order valence-electron chi connectivity index (χ3n) is 4.10. The second kappa shape index (κ2) is 8.48. The van der Waals surface area contributed by atoms with Gasteiger partial charge in [0.2, 0.25) is 5.91 Å². The van der Waals surface area contributed by atoms with Gasteiger partial charge in [-0.15, -0.1) is 0 Å². The Morgan fingerprint density at radius 1 is 1.18 bits per heavy atom. The van der Waals surface area contributed by atoms with Gasteiger partial charge in [0.1, 0.15) is 11.4 Å². The minimum Gasteiger partial charge on any atom is -0.494 e. The van der Waals surface area contributed by atoms with Gasteiger partial charge in [0, 0.05) is 16.9 Å². The minimum atomic E-state index is -0.427. The number of aliphatic imine (C=N–C) groups is 1. The van der Waals surface area contributed by atoms with Crippen LogP contribution in [0.15, 0.2) is 58.6 Å². The Balaban J connectivity index is 1.68. The molecule has 0 aliphatic carbocycles. The van der Waals surface area contributed by atoms with Crippen molar-refractivity contribution >= 4 is 39.9 Å². The van der Waals surface area contributed by atoms with Crippen LogP contribution in [0.25, 0.3) is 0 Å². The fourth-order valence-electron chi connectivity index (χ4n) is 2.42. The highest BCUT2D eigenvalue weighted by molar-refractivity contribution is 8.14. The molecule has 3 rings (SSSR count). The summed E-state index contributed by atoms with van der Waals surface area (Å²) in [6.07, 6.45) is 0. The SMILES string of the molecule is COc1ccccc1N=C1NN=C(c2ccc(NC(=O)C(C)(C)C)cc2)CS1. The molecule has 1 amide bonds. The van der Waals surface area contributed by atoms with Crippen LogP contribution in [-0.2, 0) is 4.79 Å². The number of nitrogens with one attached hydrogen (secondary N) is 2. The predicted octanol–water partition coefficient (Wildman–Crippen LogP) is 4.41. The first kappa shape index (κ1) is 19.9. The van der Waals surface area contributed by atoms with Crippen molar-refractivity contribution in [1.82, 2.24) is 5.43 Å². The number of amidine groups is 1. The fourth-order valence-corrected chi connectivity index (χ4v) is 3.20. The minimum absolute atomic E-state index is 0.00956. The smallest absolute Gasteiger partial charge is 0.229 e. The van der Waals surface area contributed by atoms with Gasteiger partial charge in [0.05, 0.1) is 12.8 Å². The van der Waals surface area contributed by atoms with E-state index in [0.29, 0.717) is 5.75 Å². The number of hydrogen-bond acceptors (Lipinski definition) is 5. The highest BCUT2D eigenvalue weighted by atomic mass is 32.2. The van der Waals surface area contributed by atoms with Gasteiger partial charge < -0.3 is 10.1 Å². The largest absolute Gasteiger partial charge is 0.494 e. The quantitative estimate of drug-likeness (QED) is 0.803. The van der Waals surface area contributed by atoms with Crippen LogP contribution >= 0.6 is 11.8 Å². The molecule has 7 heteroatoms. The zero-order chi connectivity index (χ0) is 20.1. The van der Waals surface area contributed by atoms with Crippen LogP contribution in [0, 0.1) is 5.41 Å². The Hall–Kier alpha value is -2.80. The van der Waals surface area contributed by atoms with Crippen LogP contribution in [0.2, 0.25) is 0 Å². The first-order chi connectivity index (χ1) is 13.4. The number of nitrogens with zero attached hydrogens (tertiary/aromatic N) is 2. The van der Waals surface area contributed by atoms with Crippen molar-refractivity contribution in [3.8, 4) is 5.75 Å². The number of benzene rings is 2. The van der Waals surface area contributed by atoms with E-state index < -0.39 is 5.41 Å². The maximum absolute atomic E-state index is 12.1. The van der Waals surface area contributed by atoms with Gasteiger partial charge >= 0.3 is 0 Å². The van der Waals surface area contributed by atoms with Crippen LogP contribution in [-0.4, -0.2) is 29.6 Å². The lowest BCUT2D eigenvalue weighted by atomic mass is 9.95. The average molecular weight is 397 g/mol. The first-order valence-corrected chi connectivity index (χ1v) is 9.94. The number of hydrazone groups is 1. The van der Waals surface area contributed by atoms with Crippen LogP contribution < -0.4 is 15.5 Å². The lowest BCUT2D eigenvalue weighted by molar-refractivity contribution is -0.123. The number of hydrogen-bond donors (Lipinski definition) is 2. The third kappa shape index (κ3) is 4.92. The van der Waals surface area contributed by atoms with Gasteiger partial charge in [0.25, 0.3) is 0 Å². The summed E-state index contributed by atoms with van der Waals surface area (Å²) >= 11 is 1.58. The van der Waals surface area contributed by atoms with E-state index in [2.05, 4.69) is 20.8 Å². The molecule has 0 fully saturated rings. The number of carbonyl (C=O) groups is 1. The van der Waals surface area contributed by atoms with Crippen molar-refractivity contribution in [2.45, 2.75) is 20.8 Å². The molecule has 0 saturated carbocycles. The van der Waals surface area contributed by atoms with Crippen molar-refractivity contribution in [1.29, 1.82) is 0 Å². The lowest BCUT2D eigenvalue weighted by Gasteiger charge is -2.18. The number of anilines is 1. The zero-order valence-electron chi connectivity index (χ0n) is 16.4. The van der Waals surface area contributed by atoms with Gasteiger partial charge in [-0.05, 0) is 29.8 Å². The highest BCUT2D eigenvalue weighted by Crippen LogP contribution is 2.28. The van der Waals surface area contributed by atoms with Crippen molar-refractivity contribution in [2.24, 2.45) is 15.5 Å². The number of rotatable bonds is 4. The maximum Gasteiger partial charge on any atom is 0.229 e. The number of amides is 1. The Morgan fingerprint density at radius 2 is 1.89 bits per heavy atom. The average Bonchev–Trinajstić information content (AvgIpc) is 2.69. The summed E-state index contributed by atoms with van der Waals surface area (Å²) in [5, 5.41) is 8.10. The molecule has 0 atom stereocenters.